The van der Waals surface area contributed by atoms with E-state index in [1.54, 1.807) is 27.7 Å². The minimum Gasteiger partial charge on any atom is -0.488 e. The van der Waals surface area contributed by atoms with Gasteiger partial charge in [-0.25, -0.2) is 13.9 Å². The van der Waals surface area contributed by atoms with Gasteiger partial charge in [0, 0.05) is 12.1 Å². The number of rotatable bonds is 4. The number of nitrogens with two attached hydrogens (primary N) is 1. The minimum atomic E-state index is -5.05. The van der Waals surface area contributed by atoms with Crippen molar-refractivity contribution in [3.8, 4) is 5.75 Å². The van der Waals surface area contributed by atoms with Crippen LogP contribution in [0.15, 0.2) is 6.07 Å². The van der Waals surface area contributed by atoms with Gasteiger partial charge in [-0.1, -0.05) is 11.6 Å². The van der Waals surface area contributed by atoms with E-state index in [2.05, 4.69) is 9.71 Å². The Hall–Kier alpha value is -0.940. The van der Waals surface area contributed by atoms with E-state index in [9.17, 15) is 22.5 Å². The van der Waals surface area contributed by atoms with Gasteiger partial charge in [0.05, 0.1) is 27.0 Å². The molecule has 148 valence electrons. The maximum Gasteiger partial charge on any atom is 0.424 e. The van der Waals surface area contributed by atoms with Crippen molar-refractivity contribution in [3.63, 3.8) is 0 Å². The third kappa shape index (κ3) is 3.57. The molecule has 2 rings (SSSR count). The van der Waals surface area contributed by atoms with Crippen LogP contribution in [0.3, 0.4) is 0 Å². The van der Waals surface area contributed by atoms with E-state index in [0.29, 0.717) is 0 Å². The van der Waals surface area contributed by atoms with Gasteiger partial charge in [-0.3, -0.25) is 0 Å². The molecule has 1 aliphatic heterocycles. The summed E-state index contributed by atoms with van der Waals surface area (Å²) in [5.41, 5.74) is 0.211. The van der Waals surface area contributed by atoms with Crippen LogP contribution in [0.4, 0.5) is 13.2 Å². The maximum absolute atomic E-state index is 13.3. The number of ether oxygens (including phenoxy) is 1. The van der Waals surface area contributed by atoms with Crippen LogP contribution < -0.4 is 15.2 Å². The largest absolute Gasteiger partial charge is 0.488 e. The van der Waals surface area contributed by atoms with Gasteiger partial charge in [0.1, 0.15) is 6.61 Å². The summed E-state index contributed by atoms with van der Waals surface area (Å²) in [4.78, 5) is 3.63. The Morgan fingerprint density at radius 3 is 2.50 bits per heavy atom. The number of aromatic nitrogens is 1. The SMILES string of the molecule is CC(C)(C)S(=O)N[C@]1(C)COc2c1cc(C(O)(CN)C(F)(F)F)nc2Cl. The lowest BCUT2D eigenvalue weighted by Crippen LogP contribution is -2.50. The summed E-state index contributed by atoms with van der Waals surface area (Å²) < 4.78 is 60.2. The highest BCUT2D eigenvalue weighted by Gasteiger charge is 2.56. The van der Waals surface area contributed by atoms with Crippen molar-refractivity contribution in [2.24, 2.45) is 5.73 Å². The summed E-state index contributed by atoms with van der Waals surface area (Å²) in [6.45, 7) is 5.73. The fraction of sp³-hybridized carbons (Fsp3) is 0.667. The number of halogens is 4. The highest BCUT2D eigenvalue weighted by atomic mass is 35.5. The van der Waals surface area contributed by atoms with Crippen molar-refractivity contribution in [1.82, 2.24) is 9.71 Å². The van der Waals surface area contributed by atoms with Crippen LogP contribution in [0.1, 0.15) is 39.0 Å². The highest BCUT2D eigenvalue weighted by molar-refractivity contribution is 7.84. The summed E-state index contributed by atoms with van der Waals surface area (Å²) in [6.07, 6.45) is -5.05. The zero-order chi connectivity index (χ0) is 20.1. The number of aliphatic hydroxyl groups is 1. The van der Waals surface area contributed by atoms with E-state index in [1.165, 1.54) is 0 Å². The molecule has 2 heterocycles. The smallest absolute Gasteiger partial charge is 0.424 e. The van der Waals surface area contributed by atoms with Crippen molar-refractivity contribution in [3.05, 3.63) is 22.5 Å². The van der Waals surface area contributed by atoms with Crippen molar-refractivity contribution in [2.75, 3.05) is 13.2 Å². The van der Waals surface area contributed by atoms with Gasteiger partial charge < -0.3 is 15.6 Å². The zero-order valence-corrected chi connectivity index (χ0v) is 16.3. The second-order valence-corrected chi connectivity index (χ2v) is 9.67. The van der Waals surface area contributed by atoms with Crippen LogP contribution in [0, 0.1) is 0 Å². The van der Waals surface area contributed by atoms with E-state index >= 15 is 0 Å². The molecule has 4 N–H and O–H groups in total. The molecule has 6 nitrogen and oxygen atoms in total. The van der Waals surface area contributed by atoms with Crippen LogP contribution in [-0.4, -0.2) is 38.4 Å². The highest BCUT2D eigenvalue weighted by Crippen LogP contribution is 2.45. The second-order valence-electron chi connectivity index (χ2n) is 7.34. The normalized spacial score (nSPS) is 23.9. The molecule has 0 aliphatic carbocycles. The molecule has 0 radical (unpaired) electrons. The van der Waals surface area contributed by atoms with E-state index < -0.39 is 45.3 Å². The zero-order valence-electron chi connectivity index (χ0n) is 14.7. The van der Waals surface area contributed by atoms with Crippen LogP contribution in [0.25, 0.3) is 0 Å². The first kappa shape index (κ1) is 21.4. The number of pyridine rings is 1. The maximum atomic E-state index is 13.3. The van der Waals surface area contributed by atoms with Crippen molar-refractivity contribution in [1.29, 1.82) is 0 Å². The van der Waals surface area contributed by atoms with E-state index in [0.717, 1.165) is 6.07 Å². The first-order valence-electron chi connectivity index (χ1n) is 7.69. The lowest BCUT2D eigenvalue weighted by Gasteiger charge is -2.31. The number of nitrogens with one attached hydrogen (secondary N) is 1. The number of hydrogen-bond donors (Lipinski definition) is 3. The van der Waals surface area contributed by atoms with E-state index in [1.807, 2.05) is 0 Å². The molecular formula is C15H21ClF3N3O3S. The number of nitrogens with zero attached hydrogens (tertiary/aromatic N) is 1. The molecule has 1 aromatic rings. The second kappa shape index (κ2) is 6.59. The molecule has 0 bridgehead atoms. The van der Waals surface area contributed by atoms with Crippen LogP contribution in [0.2, 0.25) is 5.15 Å². The summed E-state index contributed by atoms with van der Waals surface area (Å²) in [5, 5.41) is 9.74. The summed E-state index contributed by atoms with van der Waals surface area (Å²) in [7, 11) is -1.53. The molecule has 0 saturated heterocycles. The average molecular weight is 416 g/mol. The van der Waals surface area contributed by atoms with E-state index in [4.69, 9.17) is 22.1 Å². The average Bonchev–Trinajstić information content (AvgIpc) is 2.82. The Balaban J connectivity index is 2.57. The Morgan fingerprint density at radius 1 is 1.46 bits per heavy atom. The summed E-state index contributed by atoms with van der Waals surface area (Å²) >= 11 is 5.98. The van der Waals surface area contributed by atoms with Crippen molar-refractivity contribution < 1.29 is 27.2 Å². The Kier molecular flexibility index (Phi) is 5.41. The van der Waals surface area contributed by atoms with Crippen LogP contribution >= 0.6 is 11.6 Å². The van der Waals surface area contributed by atoms with Crippen molar-refractivity contribution >= 4 is 22.6 Å². The molecular weight excluding hydrogens is 395 g/mol. The molecule has 2 unspecified atom stereocenters. The van der Waals surface area contributed by atoms with Gasteiger partial charge >= 0.3 is 6.18 Å². The first-order chi connectivity index (χ1) is 11.7. The standard InChI is InChI=1S/C15H21ClF3N3O3S/c1-12(2,3)26(24)22-13(4)7-25-10-8(13)5-9(21-11(10)16)14(23,6-20)15(17,18)19/h5,22-23H,6-7,20H2,1-4H3/t13-,14?,26?/m1/s1. The Labute approximate surface area is 156 Å². The quantitative estimate of drug-likeness (QED) is 0.654. The molecule has 0 spiro atoms. The van der Waals surface area contributed by atoms with Crippen LogP contribution in [0.5, 0.6) is 5.75 Å². The topological polar surface area (TPSA) is 97.5 Å². The molecule has 11 heteroatoms. The molecule has 0 amide bonds. The molecule has 3 atom stereocenters. The Bertz CT molecular complexity index is 741. The van der Waals surface area contributed by atoms with Gasteiger partial charge in [0.25, 0.3) is 0 Å². The third-order valence-electron chi connectivity index (χ3n) is 4.09. The number of fused-ring (bicyclic) bond motifs is 1. The molecule has 1 aromatic heterocycles. The first-order valence-corrected chi connectivity index (χ1v) is 9.21. The summed E-state index contributed by atoms with van der Waals surface area (Å²) in [5.74, 6) is 0.0814. The monoisotopic (exact) mass is 415 g/mol. The fourth-order valence-electron chi connectivity index (χ4n) is 2.36. The minimum absolute atomic E-state index is 0.0118. The van der Waals surface area contributed by atoms with Gasteiger partial charge in [0.15, 0.2) is 10.9 Å². The number of alkyl halides is 3. The third-order valence-corrected chi connectivity index (χ3v) is 6.10. The molecule has 1 aliphatic rings. The van der Waals surface area contributed by atoms with Gasteiger partial charge in [-0.05, 0) is 33.8 Å². The summed E-state index contributed by atoms with van der Waals surface area (Å²) in [6, 6.07) is 1.04. The van der Waals surface area contributed by atoms with Crippen LogP contribution in [-0.2, 0) is 22.1 Å². The van der Waals surface area contributed by atoms with Crippen molar-refractivity contribution in [2.45, 2.75) is 49.8 Å². The Morgan fingerprint density at radius 2 is 2.04 bits per heavy atom. The molecule has 0 aromatic carbocycles. The molecule has 26 heavy (non-hydrogen) atoms. The molecule has 0 fully saturated rings. The van der Waals surface area contributed by atoms with Gasteiger partial charge in [-0.2, -0.15) is 13.2 Å². The van der Waals surface area contributed by atoms with Gasteiger partial charge in [0.2, 0.25) is 5.60 Å². The predicted molar refractivity (Wildman–Crippen MR) is 92.1 cm³/mol. The molecule has 0 saturated carbocycles. The van der Waals surface area contributed by atoms with Gasteiger partial charge in [-0.15, -0.1) is 0 Å². The van der Waals surface area contributed by atoms with E-state index in [-0.39, 0.29) is 23.1 Å². The lowest BCUT2D eigenvalue weighted by molar-refractivity contribution is -0.263. The lowest BCUT2D eigenvalue weighted by atomic mass is 9.91. The fourth-order valence-corrected chi connectivity index (χ4v) is 3.49. The predicted octanol–water partition coefficient (Wildman–Crippen LogP) is 2.10. The number of hydrogen-bond acceptors (Lipinski definition) is 5.